The number of hydrogen-bond acceptors (Lipinski definition) is 3. The van der Waals surface area contributed by atoms with Crippen molar-refractivity contribution in [3.8, 4) is 0 Å². The molecule has 0 amide bonds. The molecule has 0 aliphatic carbocycles. The molecule has 1 rings (SSSR count). The van der Waals surface area contributed by atoms with Crippen LogP contribution in [0.5, 0.6) is 0 Å². The van der Waals surface area contributed by atoms with Gasteiger partial charge < -0.3 is 15.9 Å². The number of amidine groups is 2. The number of furan rings is 1. The van der Waals surface area contributed by atoms with Crippen LogP contribution in [0.15, 0.2) is 27.8 Å². The molecule has 0 atom stereocenters. The molecule has 5 heteroatoms. The van der Waals surface area contributed by atoms with Crippen molar-refractivity contribution in [2.75, 3.05) is 0 Å². The van der Waals surface area contributed by atoms with Gasteiger partial charge in [-0.15, -0.1) is 0 Å². The minimum absolute atomic E-state index is 0.0145. The van der Waals surface area contributed by atoms with E-state index in [0.717, 1.165) is 5.76 Å². The highest BCUT2D eigenvalue weighted by Crippen LogP contribution is 2.01. The van der Waals surface area contributed by atoms with Gasteiger partial charge in [0, 0.05) is 0 Å². The minimum Gasteiger partial charge on any atom is -0.467 e. The van der Waals surface area contributed by atoms with Crippen LogP contribution in [0.1, 0.15) is 12.2 Å². The standard InChI is InChI=1S/C8H12N4O/c9-7(10)4-8(11)12-5-6-2-1-3-13-6/h1-3H,4-5H2,(H3,9,10)(H2,11,12). The Balaban J connectivity index is 2.43. The Bertz CT molecular complexity index is 302. The third-order valence-corrected chi connectivity index (χ3v) is 1.39. The molecule has 0 bridgehead atoms. The molecule has 5 nitrogen and oxygen atoms in total. The third-order valence-electron chi connectivity index (χ3n) is 1.39. The predicted octanol–water partition coefficient (Wildman–Crippen LogP) is 0.463. The first kappa shape index (κ1) is 9.31. The number of nitrogens with one attached hydrogen (secondary N) is 1. The highest BCUT2D eigenvalue weighted by atomic mass is 16.3. The molecule has 0 fully saturated rings. The number of nitrogens with two attached hydrogens (primary N) is 2. The molecule has 1 heterocycles. The van der Waals surface area contributed by atoms with Crippen molar-refractivity contribution < 1.29 is 4.42 Å². The zero-order chi connectivity index (χ0) is 9.68. The van der Waals surface area contributed by atoms with E-state index >= 15 is 0 Å². The van der Waals surface area contributed by atoms with Gasteiger partial charge in [-0.3, -0.25) is 10.4 Å². The van der Waals surface area contributed by atoms with E-state index in [0.29, 0.717) is 12.4 Å². The highest BCUT2D eigenvalue weighted by Gasteiger charge is 1.96. The Labute approximate surface area is 75.9 Å². The largest absolute Gasteiger partial charge is 0.467 e. The van der Waals surface area contributed by atoms with Crippen molar-refractivity contribution in [2.24, 2.45) is 16.5 Å². The average Bonchev–Trinajstić information content (AvgIpc) is 2.51. The molecule has 0 radical (unpaired) electrons. The first-order valence-corrected chi connectivity index (χ1v) is 3.82. The van der Waals surface area contributed by atoms with Gasteiger partial charge in [0.15, 0.2) is 0 Å². The second kappa shape index (κ2) is 4.30. The van der Waals surface area contributed by atoms with Crippen LogP contribution in [0, 0.1) is 5.41 Å². The summed E-state index contributed by atoms with van der Waals surface area (Å²) in [5.41, 5.74) is 10.6. The van der Waals surface area contributed by atoms with E-state index in [1.807, 2.05) is 6.07 Å². The van der Waals surface area contributed by atoms with Gasteiger partial charge in [-0.1, -0.05) is 0 Å². The van der Waals surface area contributed by atoms with Crippen LogP contribution in [0.25, 0.3) is 0 Å². The second-order valence-corrected chi connectivity index (χ2v) is 2.59. The van der Waals surface area contributed by atoms with Crippen molar-refractivity contribution in [1.29, 1.82) is 5.41 Å². The Hall–Kier alpha value is -1.78. The molecule has 0 aliphatic heterocycles. The summed E-state index contributed by atoms with van der Waals surface area (Å²) in [5.74, 6) is 1.11. The highest BCUT2D eigenvalue weighted by molar-refractivity contribution is 5.99. The first-order chi connectivity index (χ1) is 6.18. The zero-order valence-corrected chi connectivity index (χ0v) is 7.16. The maximum absolute atomic E-state index is 6.97. The monoisotopic (exact) mass is 180 g/mol. The molecule has 70 valence electrons. The lowest BCUT2D eigenvalue weighted by atomic mass is 10.3. The fourth-order valence-corrected chi connectivity index (χ4v) is 0.833. The van der Waals surface area contributed by atoms with Crippen LogP contribution in [0.3, 0.4) is 0 Å². The summed E-state index contributed by atoms with van der Waals surface area (Å²) in [7, 11) is 0. The van der Waals surface area contributed by atoms with E-state index in [4.69, 9.17) is 21.3 Å². The van der Waals surface area contributed by atoms with E-state index < -0.39 is 0 Å². The summed E-state index contributed by atoms with van der Waals surface area (Å²) in [6.07, 6.45) is 1.78. The quantitative estimate of drug-likeness (QED) is 0.463. The predicted molar refractivity (Wildman–Crippen MR) is 50.6 cm³/mol. The SMILES string of the molecule is N=C(N)CC(N)=NCc1ccco1. The van der Waals surface area contributed by atoms with E-state index in [1.165, 1.54) is 0 Å². The summed E-state index contributed by atoms with van der Waals surface area (Å²) >= 11 is 0. The molecule has 1 aromatic rings. The third kappa shape index (κ3) is 3.42. The fraction of sp³-hybridized carbons (Fsp3) is 0.250. The van der Waals surface area contributed by atoms with Crippen LogP contribution >= 0.6 is 0 Å². The van der Waals surface area contributed by atoms with Gasteiger partial charge in [0.2, 0.25) is 0 Å². The van der Waals surface area contributed by atoms with Crippen molar-refractivity contribution in [3.63, 3.8) is 0 Å². The van der Waals surface area contributed by atoms with Gasteiger partial charge in [-0.25, -0.2) is 0 Å². The second-order valence-electron chi connectivity index (χ2n) is 2.59. The van der Waals surface area contributed by atoms with E-state index in [1.54, 1.807) is 12.3 Å². The summed E-state index contributed by atoms with van der Waals surface area (Å²) in [5, 5.41) is 6.97. The summed E-state index contributed by atoms with van der Waals surface area (Å²) in [4.78, 5) is 3.99. The molecule has 13 heavy (non-hydrogen) atoms. The number of hydrogen-bond donors (Lipinski definition) is 3. The summed E-state index contributed by atoms with van der Waals surface area (Å²) in [6, 6.07) is 3.59. The molecule has 5 N–H and O–H groups in total. The molecule has 0 unspecified atom stereocenters. The summed E-state index contributed by atoms with van der Waals surface area (Å²) < 4.78 is 5.04. The topological polar surface area (TPSA) is 101 Å². The smallest absolute Gasteiger partial charge is 0.125 e. The lowest BCUT2D eigenvalue weighted by molar-refractivity contribution is 0.512. The lowest BCUT2D eigenvalue weighted by Crippen LogP contribution is -2.21. The van der Waals surface area contributed by atoms with Crippen molar-refractivity contribution in [3.05, 3.63) is 24.2 Å². The van der Waals surface area contributed by atoms with Crippen LogP contribution in [0.4, 0.5) is 0 Å². The molecule has 0 aliphatic rings. The van der Waals surface area contributed by atoms with Crippen LogP contribution in [-0.4, -0.2) is 11.7 Å². The Morgan fingerprint density at radius 2 is 2.31 bits per heavy atom. The molecule has 0 aromatic carbocycles. The molecular formula is C8H12N4O. The lowest BCUT2D eigenvalue weighted by Gasteiger charge is -1.97. The number of aliphatic imine (C=N–C) groups is 1. The van der Waals surface area contributed by atoms with Crippen LogP contribution in [-0.2, 0) is 6.54 Å². The van der Waals surface area contributed by atoms with Gasteiger partial charge in [-0.2, -0.15) is 0 Å². The molecular weight excluding hydrogens is 168 g/mol. The molecule has 0 saturated heterocycles. The average molecular weight is 180 g/mol. The maximum atomic E-state index is 6.97. The minimum atomic E-state index is 0.0145. The zero-order valence-electron chi connectivity index (χ0n) is 7.16. The Morgan fingerprint density at radius 3 is 2.85 bits per heavy atom. The Morgan fingerprint density at radius 1 is 1.54 bits per heavy atom. The van der Waals surface area contributed by atoms with Gasteiger partial charge in [0.1, 0.15) is 11.6 Å². The van der Waals surface area contributed by atoms with Crippen molar-refractivity contribution in [1.82, 2.24) is 0 Å². The maximum Gasteiger partial charge on any atom is 0.125 e. The normalized spacial score (nSPS) is 11.5. The van der Waals surface area contributed by atoms with E-state index in [2.05, 4.69) is 4.99 Å². The Kier molecular flexibility index (Phi) is 3.08. The van der Waals surface area contributed by atoms with Crippen molar-refractivity contribution in [2.45, 2.75) is 13.0 Å². The van der Waals surface area contributed by atoms with Crippen LogP contribution < -0.4 is 11.5 Å². The van der Waals surface area contributed by atoms with E-state index in [-0.39, 0.29) is 12.3 Å². The van der Waals surface area contributed by atoms with Gasteiger partial charge in [0.25, 0.3) is 0 Å². The fourth-order valence-electron chi connectivity index (χ4n) is 0.833. The van der Waals surface area contributed by atoms with Crippen LogP contribution in [0.2, 0.25) is 0 Å². The first-order valence-electron chi connectivity index (χ1n) is 3.82. The number of nitrogens with zero attached hydrogens (tertiary/aromatic N) is 1. The number of rotatable bonds is 4. The van der Waals surface area contributed by atoms with Gasteiger partial charge >= 0.3 is 0 Å². The molecule has 1 aromatic heterocycles. The molecule has 0 saturated carbocycles. The van der Waals surface area contributed by atoms with Gasteiger partial charge in [0.05, 0.1) is 25.1 Å². The molecule has 0 spiro atoms. The summed E-state index contributed by atoms with van der Waals surface area (Å²) in [6.45, 7) is 0.395. The van der Waals surface area contributed by atoms with E-state index in [9.17, 15) is 0 Å². The van der Waals surface area contributed by atoms with Gasteiger partial charge in [-0.05, 0) is 12.1 Å². The van der Waals surface area contributed by atoms with Crippen molar-refractivity contribution >= 4 is 11.7 Å².